The van der Waals surface area contributed by atoms with Gasteiger partial charge in [0.2, 0.25) is 5.13 Å². The molecule has 1 aromatic heterocycles. The average molecular weight is 430 g/mol. The molecular formula is C24H19N3O3S. The highest BCUT2D eigenvalue weighted by Gasteiger charge is 2.04. The highest BCUT2D eigenvalue weighted by molar-refractivity contribution is 7.14. The lowest BCUT2D eigenvalue weighted by Crippen LogP contribution is -2.00. The average Bonchev–Trinajstić information content (AvgIpc) is 3.28. The number of anilines is 1. The number of hydrazone groups is 1. The van der Waals surface area contributed by atoms with Crippen molar-refractivity contribution in [2.24, 2.45) is 5.10 Å². The van der Waals surface area contributed by atoms with Crippen LogP contribution in [0.3, 0.4) is 0 Å². The zero-order valence-electron chi connectivity index (χ0n) is 16.4. The predicted molar refractivity (Wildman–Crippen MR) is 123 cm³/mol. The van der Waals surface area contributed by atoms with Crippen LogP contribution in [0.2, 0.25) is 0 Å². The molecule has 0 radical (unpaired) electrons. The van der Waals surface area contributed by atoms with E-state index in [9.17, 15) is 4.79 Å². The fourth-order valence-corrected chi connectivity index (χ4v) is 3.51. The number of rotatable bonds is 8. The molecular weight excluding hydrogens is 410 g/mol. The summed E-state index contributed by atoms with van der Waals surface area (Å²) in [6, 6.07) is 24.2. The van der Waals surface area contributed by atoms with Crippen LogP contribution < -0.4 is 10.2 Å². The van der Waals surface area contributed by atoms with Gasteiger partial charge in [0.1, 0.15) is 12.4 Å². The number of nitrogens with zero attached hydrogens (tertiary/aromatic N) is 2. The van der Waals surface area contributed by atoms with E-state index in [2.05, 4.69) is 15.5 Å². The van der Waals surface area contributed by atoms with Crippen molar-refractivity contribution in [2.45, 2.75) is 6.61 Å². The highest BCUT2D eigenvalue weighted by Crippen LogP contribution is 2.24. The van der Waals surface area contributed by atoms with Gasteiger partial charge in [0, 0.05) is 10.9 Å². The molecule has 6 nitrogen and oxygen atoms in total. The molecule has 0 saturated heterocycles. The first-order valence-corrected chi connectivity index (χ1v) is 10.4. The summed E-state index contributed by atoms with van der Waals surface area (Å²) in [7, 11) is 0. The molecule has 3 aromatic carbocycles. The second-order valence-corrected chi connectivity index (χ2v) is 7.50. The lowest BCUT2D eigenvalue weighted by molar-refractivity contribution is 0.0696. The van der Waals surface area contributed by atoms with Crippen molar-refractivity contribution in [1.82, 2.24) is 4.98 Å². The number of carboxylic acids is 1. The van der Waals surface area contributed by atoms with E-state index in [0.29, 0.717) is 12.4 Å². The number of carbonyl (C=O) groups is 1. The largest absolute Gasteiger partial charge is 0.489 e. The molecule has 0 bridgehead atoms. The summed E-state index contributed by atoms with van der Waals surface area (Å²) in [6.07, 6.45) is 1.71. The normalized spacial score (nSPS) is 10.8. The Bertz CT molecular complexity index is 1190. The smallest absolute Gasteiger partial charge is 0.335 e. The van der Waals surface area contributed by atoms with Gasteiger partial charge in [0.05, 0.1) is 17.5 Å². The Morgan fingerprint density at radius 1 is 1.06 bits per heavy atom. The first-order chi connectivity index (χ1) is 15.2. The number of ether oxygens (including phenoxy) is 1. The molecule has 2 N–H and O–H groups in total. The van der Waals surface area contributed by atoms with Gasteiger partial charge in [0.25, 0.3) is 0 Å². The zero-order chi connectivity index (χ0) is 21.5. The molecule has 4 rings (SSSR count). The summed E-state index contributed by atoms with van der Waals surface area (Å²) in [6.45, 7) is 0.296. The molecule has 7 heteroatoms. The maximum Gasteiger partial charge on any atom is 0.335 e. The van der Waals surface area contributed by atoms with Crippen molar-refractivity contribution in [3.63, 3.8) is 0 Å². The number of thiazole rings is 1. The van der Waals surface area contributed by atoms with Crippen molar-refractivity contribution >= 4 is 28.7 Å². The second kappa shape index (κ2) is 9.69. The Morgan fingerprint density at radius 2 is 1.87 bits per heavy atom. The van der Waals surface area contributed by atoms with Crippen LogP contribution in [0.1, 0.15) is 21.5 Å². The van der Waals surface area contributed by atoms with E-state index in [4.69, 9.17) is 9.84 Å². The van der Waals surface area contributed by atoms with Gasteiger partial charge in [-0.15, -0.1) is 11.3 Å². The molecule has 0 atom stereocenters. The number of benzene rings is 3. The second-order valence-electron chi connectivity index (χ2n) is 6.64. The molecule has 0 aliphatic heterocycles. The van der Waals surface area contributed by atoms with Gasteiger partial charge in [-0.1, -0.05) is 42.5 Å². The molecule has 31 heavy (non-hydrogen) atoms. The van der Waals surface area contributed by atoms with Gasteiger partial charge >= 0.3 is 5.97 Å². The van der Waals surface area contributed by atoms with Crippen molar-refractivity contribution in [2.75, 3.05) is 5.43 Å². The lowest BCUT2D eigenvalue weighted by atomic mass is 10.1. The van der Waals surface area contributed by atoms with Gasteiger partial charge in [-0.3, -0.25) is 5.43 Å². The van der Waals surface area contributed by atoms with E-state index in [0.717, 1.165) is 27.5 Å². The van der Waals surface area contributed by atoms with Crippen molar-refractivity contribution in [3.05, 3.63) is 101 Å². The zero-order valence-corrected chi connectivity index (χ0v) is 17.3. The van der Waals surface area contributed by atoms with E-state index < -0.39 is 5.97 Å². The van der Waals surface area contributed by atoms with E-state index in [1.54, 1.807) is 24.4 Å². The van der Waals surface area contributed by atoms with Gasteiger partial charge in [-0.25, -0.2) is 9.78 Å². The minimum absolute atomic E-state index is 0.247. The van der Waals surface area contributed by atoms with Crippen LogP contribution in [0.5, 0.6) is 5.75 Å². The van der Waals surface area contributed by atoms with Crippen LogP contribution in [-0.2, 0) is 6.61 Å². The molecule has 154 valence electrons. The number of aromatic nitrogens is 1. The molecule has 0 aliphatic rings. The summed E-state index contributed by atoms with van der Waals surface area (Å²) in [4.78, 5) is 15.6. The van der Waals surface area contributed by atoms with Crippen molar-refractivity contribution in [1.29, 1.82) is 0 Å². The summed E-state index contributed by atoms with van der Waals surface area (Å²) < 4.78 is 5.74. The SMILES string of the molecule is O=C(O)c1cccc(COc2ccc(C=NNc3nc(-c4ccccc4)cs3)cc2)c1. The third-order valence-corrected chi connectivity index (χ3v) is 5.15. The standard InChI is InChI=1S/C24H19N3O3S/c28-23(29)20-8-4-5-18(13-20)15-30-21-11-9-17(10-12-21)14-25-27-24-26-22(16-31-24)19-6-2-1-3-7-19/h1-14,16H,15H2,(H,26,27)(H,28,29). The maximum absolute atomic E-state index is 11.0. The van der Waals surface area contributed by atoms with Crippen LogP contribution in [-0.4, -0.2) is 22.3 Å². The van der Waals surface area contributed by atoms with Crippen LogP contribution >= 0.6 is 11.3 Å². The van der Waals surface area contributed by atoms with Gasteiger partial charge < -0.3 is 9.84 Å². The minimum Gasteiger partial charge on any atom is -0.489 e. The van der Waals surface area contributed by atoms with E-state index >= 15 is 0 Å². The van der Waals surface area contributed by atoms with E-state index in [1.165, 1.54) is 11.3 Å². The number of nitrogens with one attached hydrogen (secondary N) is 1. The third-order valence-electron chi connectivity index (χ3n) is 4.41. The quantitative estimate of drug-likeness (QED) is 0.284. The van der Waals surface area contributed by atoms with E-state index in [1.807, 2.05) is 66.0 Å². The van der Waals surface area contributed by atoms with Gasteiger partial charge in [-0.05, 0) is 47.5 Å². The fraction of sp³-hybridized carbons (Fsp3) is 0.0417. The summed E-state index contributed by atoms with van der Waals surface area (Å²) in [5, 5.41) is 16.0. The Morgan fingerprint density at radius 3 is 2.65 bits per heavy atom. The van der Waals surface area contributed by atoms with Gasteiger partial charge in [-0.2, -0.15) is 5.10 Å². The molecule has 0 aliphatic carbocycles. The number of carboxylic acid groups (broad SMARTS) is 1. The summed E-state index contributed by atoms with van der Waals surface area (Å²) in [5.74, 6) is -0.258. The van der Waals surface area contributed by atoms with Crippen LogP contribution in [0.15, 0.2) is 89.3 Å². The van der Waals surface area contributed by atoms with Crippen LogP contribution in [0.4, 0.5) is 5.13 Å². The predicted octanol–water partition coefficient (Wildman–Crippen LogP) is 5.53. The van der Waals surface area contributed by atoms with E-state index in [-0.39, 0.29) is 5.56 Å². The summed E-state index contributed by atoms with van der Waals surface area (Å²) >= 11 is 1.50. The molecule has 0 amide bonds. The lowest BCUT2D eigenvalue weighted by Gasteiger charge is -2.07. The van der Waals surface area contributed by atoms with Crippen LogP contribution in [0.25, 0.3) is 11.3 Å². The molecule has 0 unspecified atom stereocenters. The summed E-state index contributed by atoms with van der Waals surface area (Å²) in [5.41, 5.74) is 6.90. The van der Waals surface area contributed by atoms with Crippen molar-refractivity contribution < 1.29 is 14.6 Å². The molecule has 0 fully saturated rings. The Hall–Kier alpha value is -3.97. The molecule has 0 saturated carbocycles. The topological polar surface area (TPSA) is 83.8 Å². The van der Waals surface area contributed by atoms with Crippen molar-refractivity contribution in [3.8, 4) is 17.0 Å². The first kappa shape index (κ1) is 20.3. The van der Waals surface area contributed by atoms with Gasteiger partial charge in [0.15, 0.2) is 0 Å². The number of hydrogen-bond acceptors (Lipinski definition) is 6. The fourth-order valence-electron chi connectivity index (χ4n) is 2.84. The van der Waals surface area contributed by atoms with Crippen LogP contribution in [0, 0.1) is 0 Å². The molecule has 1 heterocycles. The number of hydrogen-bond donors (Lipinski definition) is 2. The molecule has 4 aromatic rings. The Labute approximate surface area is 183 Å². The minimum atomic E-state index is -0.951. The number of aromatic carboxylic acids is 1. The maximum atomic E-state index is 11.0. The first-order valence-electron chi connectivity index (χ1n) is 9.52. The molecule has 0 spiro atoms. The monoisotopic (exact) mass is 429 g/mol. The highest BCUT2D eigenvalue weighted by atomic mass is 32.1. The Kier molecular flexibility index (Phi) is 6.35. The Balaban J connectivity index is 1.30. The third kappa shape index (κ3) is 5.55.